The Balaban J connectivity index is 2.13. The predicted molar refractivity (Wildman–Crippen MR) is 95.5 cm³/mol. The molecule has 3 aromatic rings. The second-order valence-electron chi connectivity index (χ2n) is 5.48. The molecule has 110 valence electrons. The van der Waals surface area contributed by atoms with E-state index < -0.39 is 0 Å². The largest absolute Gasteiger partial charge is 0.399 e. The average Bonchev–Trinajstić information content (AvgIpc) is 2.56. The van der Waals surface area contributed by atoms with E-state index in [1.807, 2.05) is 36.4 Å². The van der Waals surface area contributed by atoms with Gasteiger partial charge in [0.15, 0.2) is 0 Å². The zero-order valence-corrected chi connectivity index (χ0v) is 12.7. The van der Waals surface area contributed by atoms with E-state index in [0.717, 1.165) is 28.9 Å². The summed E-state index contributed by atoms with van der Waals surface area (Å²) in [6, 6.07) is 22.7. The van der Waals surface area contributed by atoms with E-state index in [0.29, 0.717) is 0 Å². The summed E-state index contributed by atoms with van der Waals surface area (Å²) in [7, 11) is 0. The lowest BCUT2D eigenvalue weighted by Gasteiger charge is -2.12. The molecule has 0 radical (unpaired) electrons. The van der Waals surface area contributed by atoms with Crippen LogP contribution in [0.4, 0.5) is 11.4 Å². The normalized spacial score (nSPS) is 10.6. The summed E-state index contributed by atoms with van der Waals surface area (Å²) in [5.74, 6) is 0. The third kappa shape index (κ3) is 2.82. The van der Waals surface area contributed by atoms with Crippen molar-refractivity contribution in [1.82, 2.24) is 0 Å². The van der Waals surface area contributed by atoms with E-state index in [9.17, 15) is 0 Å². The van der Waals surface area contributed by atoms with Crippen LogP contribution in [-0.4, -0.2) is 0 Å². The van der Waals surface area contributed by atoms with Gasteiger partial charge in [-0.2, -0.15) is 0 Å². The van der Waals surface area contributed by atoms with Gasteiger partial charge in [-0.15, -0.1) is 0 Å². The molecule has 0 heterocycles. The number of nitrogens with two attached hydrogens (primary N) is 2. The van der Waals surface area contributed by atoms with Gasteiger partial charge < -0.3 is 11.5 Å². The van der Waals surface area contributed by atoms with Crippen molar-refractivity contribution < 1.29 is 0 Å². The van der Waals surface area contributed by atoms with Crippen molar-refractivity contribution in [3.05, 3.63) is 72.3 Å². The van der Waals surface area contributed by atoms with Crippen LogP contribution >= 0.6 is 0 Å². The lowest BCUT2D eigenvalue weighted by atomic mass is 9.93. The number of hydrogen-bond donors (Lipinski definition) is 2. The molecule has 0 amide bonds. The Labute approximate surface area is 131 Å². The summed E-state index contributed by atoms with van der Waals surface area (Å²) >= 11 is 0. The van der Waals surface area contributed by atoms with Crippen LogP contribution in [0.25, 0.3) is 22.3 Å². The van der Waals surface area contributed by atoms with Gasteiger partial charge in [-0.3, -0.25) is 0 Å². The minimum atomic E-state index is 0.771. The molecule has 0 saturated carbocycles. The predicted octanol–water partition coefficient (Wildman–Crippen LogP) is 4.75. The van der Waals surface area contributed by atoms with E-state index in [1.165, 1.54) is 16.7 Å². The smallest absolute Gasteiger partial charge is 0.0320 e. The highest BCUT2D eigenvalue weighted by atomic mass is 14.5. The molecule has 0 spiro atoms. The fourth-order valence-corrected chi connectivity index (χ4v) is 2.64. The first-order valence-corrected chi connectivity index (χ1v) is 7.52. The van der Waals surface area contributed by atoms with Crippen LogP contribution in [0.1, 0.15) is 12.5 Å². The lowest BCUT2D eigenvalue weighted by molar-refractivity contribution is 1.14. The highest BCUT2D eigenvalue weighted by molar-refractivity contribution is 5.85. The molecule has 4 N–H and O–H groups in total. The Bertz CT molecular complexity index is 772. The zero-order valence-electron chi connectivity index (χ0n) is 12.7. The van der Waals surface area contributed by atoms with E-state index >= 15 is 0 Å². The van der Waals surface area contributed by atoms with E-state index in [1.54, 1.807) is 0 Å². The quantitative estimate of drug-likeness (QED) is 0.683. The van der Waals surface area contributed by atoms with Crippen molar-refractivity contribution in [3.8, 4) is 22.3 Å². The number of anilines is 2. The third-order valence-electron chi connectivity index (χ3n) is 3.94. The number of nitrogen functional groups attached to an aromatic ring is 2. The first-order valence-electron chi connectivity index (χ1n) is 7.52. The summed E-state index contributed by atoms with van der Waals surface area (Å²) in [4.78, 5) is 0. The average molecular weight is 288 g/mol. The van der Waals surface area contributed by atoms with Crippen LogP contribution in [0.3, 0.4) is 0 Å². The summed E-state index contributed by atoms with van der Waals surface area (Å²) in [5.41, 5.74) is 19.3. The molecule has 22 heavy (non-hydrogen) atoms. The van der Waals surface area contributed by atoms with Crippen molar-refractivity contribution in [1.29, 1.82) is 0 Å². The van der Waals surface area contributed by atoms with Crippen molar-refractivity contribution >= 4 is 11.4 Å². The van der Waals surface area contributed by atoms with Crippen LogP contribution in [0.15, 0.2) is 66.7 Å². The molecule has 0 unspecified atom stereocenters. The van der Waals surface area contributed by atoms with Crippen LogP contribution in [0, 0.1) is 0 Å². The van der Waals surface area contributed by atoms with Gasteiger partial charge in [-0.1, -0.05) is 49.4 Å². The summed E-state index contributed by atoms with van der Waals surface area (Å²) < 4.78 is 0. The van der Waals surface area contributed by atoms with Crippen LogP contribution in [0.5, 0.6) is 0 Å². The summed E-state index contributed by atoms with van der Waals surface area (Å²) in [6.07, 6.45) is 1.04. The highest BCUT2D eigenvalue weighted by Crippen LogP contribution is 2.34. The molecule has 0 fully saturated rings. The highest BCUT2D eigenvalue weighted by Gasteiger charge is 2.08. The van der Waals surface area contributed by atoms with Crippen LogP contribution in [0.2, 0.25) is 0 Å². The number of benzene rings is 3. The van der Waals surface area contributed by atoms with Gasteiger partial charge in [0.25, 0.3) is 0 Å². The molecule has 3 aromatic carbocycles. The van der Waals surface area contributed by atoms with Crippen molar-refractivity contribution in [2.24, 2.45) is 0 Å². The maximum atomic E-state index is 6.00. The molecule has 0 aromatic heterocycles. The van der Waals surface area contributed by atoms with E-state index in [4.69, 9.17) is 11.5 Å². The Morgan fingerprint density at radius 3 is 1.82 bits per heavy atom. The fourth-order valence-electron chi connectivity index (χ4n) is 2.64. The monoisotopic (exact) mass is 288 g/mol. The lowest BCUT2D eigenvalue weighted by Crippen LogP contribution is -1.91. The molecular formula is C20H20N2. The number of hydrogen-bond acceptors (Lipinski definition) is 2. The SMILES string of the molecule is CCc1ccc(-c2cc(N)ccc2-c2ccc(N)cc2)cc1. The van der Waals surface area contributed by atoms with Gasteiger partial charge in [0.1, 0.15) is 0 Å². The Hall–Kier alpha value is -2.74. The zero-order chi connectivity index (χ0) is 15.5. The maximum absolute atomic E-state index is 6.00. The standard InChI is InChI=1S/C20H20N2/c1-2-14-3-5-16(6-4-14)20-13-18(22)11-12-19(20)15-7-9-17(21)10-8-15/h3-13H,2,21-22H2,1H3. The fraction of sp³-hybridized carbons (Fsp3) is 0.100. The topological polar surface area (TPSA) is 52.0 Å². The Morgan fingerprint density at radius 1 is 0.636 bits per heavy atom. The minimum Gasteiger partial charge on any atom is -0.399 e. The Morgan fingerprint density at radius 2 is 1.18 bits per heavy atom. The summed E-state index contributed by atoms with van der Waals surface area (Å²) in [6.45, 7) is 2.16. The molecule has 0 saturated heterocycles. The van der Waals surface area contributed by atoms with Gasteiger partial charge in [0.2, 0.25) is 0 Å². The summed E-state index contributed by atoms with van der Waals surface area (Å²) in [5, 5.41) is 0. The van der Waals surface area contributed by atoms with Gasteiger partial charge in [-0.25, -0.2) is 0 Å². The third-order valence-corrected chi connectivity index (χ3v) is 3.94. The molecule has 2 nitrogen and oxygen atoms in total. The van der Waals surface area contributed by atoms with E-state index in [2.05, 4.69) is 37.3 Å². The van der Waals surface area contributed by atoms with E-state index in [-0.39, 0.29) is 0 Å². The molecule has 0 bridgehead atoms. The first-order chi connectivity index (χ1) is 10.7. The van der Waals surface area contributed by atoms with Crippen LogP contribution < -0.4 is 11.5 Å². The minimum absolute atomic E-state index is 0.771. The molecular weight excluding hydrogens is 268 g/mol. The first kappa shape index (κ1) is 14.2. The molecule has 0 atom stereocenters. The molecule has 3 rings (SSSR count). The second-order valence-corrected chi connectivity index (χ2v) is 5.48. The van der Waals surface area contributed by atoms with Gasteiger partial charge >= 0.3 is 0 Å². The number of aryl methyl sites for hydroxylation is 1. The van der Waals surface area contributed by atoms with Crippen molar-refractivity contribution in [2.75, 3.05) is 11.5 Å². The van der Waals surface area contributed by atoms with Crippen LogP contribution in [-0.2, 0) is 6.42 Å². The Kier molecular flexibility index (Phi) is 3.84. The van der Waals surface area contributed by atoms with Gasteiger partial charge in [0.05, 0.1) is 0 Å². The number of rotatable bonds is 3. The van der Waals surface area contributed by atoms with Crippen molar-refractivity contribution in [2.45, 2.75) is 13.3 Å². The molecule has 0 aliphatic rings. The molecule has 2 heteroatoms. The van der Waals surface area contributed by atoms with Gasteiger partial charge in [-0.05, 0) is 58.5 Å². The van der Waals surface area contributed by atoms with Crippen molar-refractivity contribution in [3.63, 3.8) is 0 Å². The maximum Gasteiger partial charge on any atom is 0.0320 e. The molecule has 0 aliphatic carbocycles. The van der Waals surface area contributed by atoms with Gasteiger partial charge in [0, 0.05) is 11.4 Å². The molecule has 0 aliphatic heterocycles. The second kappa shape index (κ2) is 5.94.